The summed E-state index contributed by atoms with van der Waals surface area (Å²) in [5.74, 6) is 0. The molecule has 0 saturated carbocycles. The van der Waals surface area contributed by atoms with Gasteiger partial charge in [-0.2, -0.15) is 0 Å². The normalized spacial score (nSPS) is 11.9. The van der Waals surface area contributed by atoms with Crippen molar-refractivity contribution >= 4 is 99.5 Å². The quantitative estimate of drug-likeness (QED) is 0.168. The second-order valence-corrected chi connectivity index (χ2v) is 17.6. The van der Waals surface area contributed by atoms with Gasteiger partial charge >= 0.3 is 0 Å². The molecule has 11 aromatic rings. The summed E-state index contributed by atoms with van der Waals surface area (Å²) in [5.41, 5.74) is 20.2. The van der Waals surface area contributed by atoms with Crippen LogP contribution in [0.4, 0.5) is 34.1 Å². The molecule has 0 aliphatic carbocycles. The van der Waals surface area contributed by atoms with Crippen molar-refractivity contribution in [2.45, 2.75) is 55.4 Å². The minimum Gasteiger partial charge on any atom is -0.456 e. The lowest BCUT2D eigenvalue weighted by Gasteiger charge is -2.29. The molecule has 0 N–H and O–H groups in total. The van der Waals surface area contributed by atoms with Crippen molar-refractivity contribution in [2.75, 3.05) is 9.80 Å². The summed E-state index contributed by atoms with van der Waals surface area (Å²) >= 11 is 0. The van der Waals surface area contributed by atoms with Gasteiger partial charge in [-0.1, -0.05) is 60.7 Å². The summed E-state index contributed by atoms with van der Waals surface area (Å²) in [6.07, 6.45) is 0. The van der Waals surface area contributed by atoms with E-state index in [1.54, 1.807) is 0 Å². The highest BCUT2D eigenvalue weighted by molar-refractivity contribution is 6.18. The third-order valence-corrected chi connectivity index (χ3v) is 12.9. The van der Waals surface area contributed by atoms with Crippen LogP contribution in [-0.4, -0.2) is 0 Å². The second kappa shape index (κ2) is 14.1. The van der Waals surface area contributed by atoms with Crippen molar-refractivity contribution in [3.8, 4) is 0 Å². The molecule has 0 radical (unpaired) electrons. The van der Waals surface area contributed by atoms with Gasteiger partial charge in [0.05, 0.1) is 0 Å². The van der Waals surface area contributed by atoms with Crippen LogP contribution in [0.2, 0.25) is 0 Å². The van der Waals surface area contributed by atoms with Crippen LogP contribution < -0.4 is 9.80 Å². The number of benzene rings is 9. The Labute approximate surface area is 362 Å². The largest absolute Gasteiger partial charge is 0.456 e. The molecule has 2 aromatic heterocycles. The van der Waals surface area contributed by atoms with Gasteiger partial charge in [0.2, 0.25) is 0 Å². The molecule has 62 heavy (non-hydrogen) atoms. The van der Waals surface area contributed by atoms with Gasteiger partial charge in [0, 0.05) is 61.7 Å². The van der Waals surface area contributed by atoms with Gasteiger partial charge in [-0.25, -0.2) is 0 Å². The van der Waals surface area contributed by atoms with Gasteiger partial charge < -0.3 is 18.6 Å². The number of hydrogen-bond donors (Lipinski definition) is 0. The maximum absolute atomic E-state index is 6.66. The minimum absolute atomic E-state index is 0.819. The zero-order valence-electron chi connectivity index (χ0n) is 36.6. The Morgan fingerprint density at radius 1 is 0.274 bits per heavy atom. The van der Waals surface area contributed by atoms with Gasteiger partial charge in [0.25, 0.3) is 0 Å². The predicted molar refractivity (Wildman–Crippen MR) is 263 cm³/mol. The number of nitrogens with zero attached hydrogens (tertiary/aromatic N) is 2. The first-order valence-corrected chi connectivity index (χ1v) is 21.6. The Kier molecular flexibility index (Phi) is 8.59. The maximum Gasteiger partial charge on any atom is 0.139 e. The monoisotopic (exact) mass is 804 g/mol. The lowest BCUT2D eigenvalue weighted by Crippen LogP contribution is -2.13. The fourth-order valence-corrected chi connectivity index (χ4v) is 9.44. The van der Waals surface area contributed by atoms with Crippen LogP contribution in [0.3, 0.4) is 0 Å². The molecule has 302 valence electrons. The Morgan fingerprint density at radius 3 is 0.952 bits per heavy atom. The van der Waals surface area contributed by atoms with Gasteiger partial charge in [-0.3, -0.25) is 0 Å². The molecule has 0 saturated heterocycles. The molecule has 11 rings (SSSR count). The summed E-state index contributed by atoms with van der Waals surface area (Å²) in [6.45, 7) is 17.4. The zero-order valence-corrected chi connectivity index (χ0v) is 36.6. The highest BCUT2D eigenvalue weighted by Crippen LogP contribution is 2.45. The average Bonchev–Trinajstić information content (AvgIpc) is 3.78. The Bertz CT molecular complexity index is 3300. The van der Waals surface area contributed by atoms with Crippen LogP contribution in [0.25, 0.3) is 65.4 Å². The van der Waals surface area contributed by atoms with E-state index in [9.17, 15) is 0 Å². The molecular weight excluding hydrogens is 757 g/mol. The number of anilines is 6. The highest BCUT2D eigenvalue weighted by Gasteiger charge is 2.21. The van der Waals surface area contributed by atoms with Crippen LogP contribution in [0.1, 0.15) is 44.5 Å². The van der Waals surface area contributed by atoms with Crippen LogP contribution in [-0.2, 0) is 0 Å². The van der Waals surface area contributed by atoms with Crippen LogP contribution in [0.15, 0.2) is 154 Å². The number of fused-ring (bicyclic) bond motifs is 8. The number of aryl methyl sites for hydroxylation is 8. The number of furan rings is 2. The van der Waals surface area contributed by atoms with Crippen molar-refractivity contribution in [3.05, 3.63) is 190 Å². The van der Waals surface area contributed by atoms with E-state index in [0.29, 0.717) is 0 Å². The summed E-state index contributed by atoms with van der Waals surface area (Å²) in [6, 6.07) is 53.7. The molecule has 2 heterocycles. The molecule has 0 bridgehead atoms. The van der Waals surface area contributed by atoms with Crippen molar-refractivity contribution in [1.29, 1.82) is 0 Å². The van der Waals surface area contributed by atoms with E-state index in [2.05, 4.69) is 211 Å². The van der Waals surface area contributed by atoms with Crippen molar-refractivity contribution in [3.63, 3.8) is 0 Å². The molecule has 4 nitrogen and oxygen atoms in total. The molecule has 0 amide bonds. The molecule has 9 aromatic carbocycles. The van der Waals surface area contributed by atoms with E-state index in [1.807, 2.05) is 0 Å². The molecule has 0 aliphatic rings. The first kappa shape index (κ1) is 37.7. The molecule has 0 spiro atoms. The molecule has 0 unspecified atom stereocenters. The van der Waals surface area contributed by atoms with E-state index in [1.165, 1.54) is 78.0 Å². The van der Waals surface area contributed by atoms with Crippen LogP contribution in [0.5, 0.6) is 0 Å². The zero-order chi connectivity index (χ0) is 42.6. The SMILES string of the molecule is Cc1ccc(C)c(N(c2ccc3cc4c(cc3c2)oc2cc3oc5cc6cc(N(c7cc(C)ccc7C)c7cc(C)ccc7C)ccc6cc5c3cc24)c2cc(C)ccc2C)c1. The van der Waals surface area contributed by atoms with Crippen LogP contribution in [0, 0.1) is 55.4 Å². The van der Waals surface area contributed by atoms with Crippen LogP contribution >= 0.6 is 0 Å². The fourth-order valence-electron chi connectivity index (χ4n) is 9.44. The highest BCUT2D eigenvalue weighted by atomic mass is 16.3. The van der Waals surface area contributed by atoms with Crippen molar-refractivity contribution in [1.82, 2.24) is 0 Å². The lowest BCUT2D eigenvalue weighted by atomic mass is 10.0. The predicted octanol–water partition coefficient (Wildman–Crippen LogP) is 17.2. The Hall–Kier alpha value is -7.30. The van der Waals surface area contributed by atoms with Gasteiger partial charge in [-0.05, 0) is 200 Å². The van der Waals surface area contributed by atoms with Crippen molar-refractivity contribution in [2.24, 2.45) is 0 Å². The lowest BCUT2D eigenvalue weighted by molar-refractivity contribution is 0.656. The summed E-state index contributed by atoms with van der Waals surface area (Å²) in [4.78, 5) is 4.81. The second-order valence-electron chi connectivity index (χ2n) is 17.6. The number of hydrogen-bond acceptors (Lipinski definition) is 4. The number of rotatable bonds is 6. The van der Waals surface area contributed by atoms with Gasteiger partial charge in [0.15, 0.2) is 0 Å². The van der Waals surface area contributed by atoms with E-state index >= 15 is 0 Å². The molecule has 4 heteroatoms. The standard InChI is InChI=1S/C58H48N2O2/c1-33-9-13-37(5)51(21-33)59(52-22-34(2)10-14-38(52)6)45-19-17-41-27-47-49-31-50-48-28-42-18-20-46(60(53-23-35(3)11-15-39(53)7)54-24-36(4)12-16-40(54)8)26-44(42)30-56(48)62-58(50)32-57(49)61-55(47)29-43(41)25-45/h9-32H,1-8H3. The summed E-state index contributed by atoms with van der Waals surface area (Å²) < 4.78 is 13.3. The Morgan fingerprint density at radius 2 is 0.597 bits per heavy atom. The first-order chi connectivity index (χ1) is 29.9. The molecule has 0 atom stereocenters. The van der Waals surface area contributed by atoms with Gasteiger partial charge in [0.1, 0.15) is 22.3 Å². The average molecular weight is 805 g/mol. The summed E-state index contributed by atoms with van der Waals surface area (Å²) in [7, 11) is 0. The van der Waals surface area contributed by atoms with E-state index in [-0.39, 0.29) is 0 Å². The molecular formula is C58H48N2O2. The van der Waals surface area contributed by atoms with E-state index in [0.717, 1.165) is 66.0 Å². The fraction of sp³-hybridized carbons (Fsp3) is 0.138. The van der Waals surface area contributed by atoms with Crippen molar-refractivity contribution < 1.29 is 8.83 Å². The topological polar surface area (TPSA) is 32.8 Å². The first-order valence-electron chi connectivity index (χ1n) is 21.6. The van der Waals surface area contributed by atoms with E-state index < -0.39 is 0 Å². The minimum atomic E-state index is 0.819. The van der Waals surface area contributed by atoms with E-state index in [4.69, 9.17) is 8.83 Å². The smallest absolute Gasteiger partial charge is 0.139 e. The molecule has 0 fully saturated rings. The third kappa shape index (κ3) is 6.20. The molecule has 0 aliphatic heterocycles. The van der Waals surface area contributed by atoms with Gasteiger partial charge in [-0.15, -0.1) is 0 Å². The third-order valence-electron chi connectivity index (χ3n) is 12.9. The maximum atomic E-state index is 6.66. The summed E-state index contributed by atoms with van der Waals surface area (Å²) in [5, 5.41) is 8.96. The Balaban J connectivity index is 1.02.